The highest BCUT2D eigenvalue weighted by Crippen LogP contribution is 2.46. The monoisotopic (exact) mass is 510 g/mol. The van der Waals surface area contributed by atoms with Gasteiger partial charge in [-0.25, -0.2) is 9.59 Å². The average molecular weight is 511 g/mol. The van der Waals surface area contributed by atoms with Crippen LogP contribution in [0.2, 0.25) is 0 Å². The van der Waals surface area contributed by atoms with E-state index in [4.69, 9.17) is 18.9 Å². The van der Waals surface area contributed by atoms with Crippen LogP contribution in [0.3, 0.4) is 0 Å². The summed E-state index contributed by atoms with van der Waals surface area (Å²) in [5, 5.41) is 0. The molecule has 0 saturated heterocycles. The Kier molecular flexibility index (Phi) is 8.21. The van der Waals surface area contributed by atoms with Crippen LogP contribution in [0.4, 0.5) is 28.4 Å². The summed E-state index contributed by atoms with van der Waals surface area (Å²) < 4.78 is 60.2. The highest BCUT2D eigenvalue weighted by Gasteiger charge is 2.40. The van der Waals surface area contributed by atoms with Crippen LogP contribution in [0.15, 0.2) is 36.4 Å². The number of carbonyl (C=O) groups excluding carboxylic acids is 2. The quantitative estimate of drug-likeness (QED) is 0.490. The maximum absolute atomic E-state index is 13.0. The smallest absolute Gasteiger partial charge is 0.416 e. The highest BCUT2D eigenvalue weighted by molar-refractivity contribution is 5.91. The summed E-state index contributed by atoms with van der Waals surface area (Å²) in [6.07, 6.45) is -5.37. The SMILES string of the molecule is CCOC(=O)N1c2cc(OC)c(OC)cc2C(N(Cc2ccc(C(F)(F)F)cc2)C(=O)OC)CC1C. The van der Waals surface area contributed by atoms with Crippen LogP contribution in [-0.4, -0.2) is 51.1 Å². The molecule has 0 fully saturated rings. The molecule has 1 aliphatic heterocycles. The minimum absolute atomic E-state index is 0.0185. The first-order valence-corrected chi connectivity index (χ1v) is 11.3. The first-order valence-electron chi connectivity index (χ1n) is 11.3. The molecule has 1 heterocycles. The summed E-state index contributed by atoms with van der Waals surface area (Å²) in [4.78, 5) is 28.7. The van der Waals surface area contributed by atoms with Gasteiger partial charge in [-0.05, 0) is 44.0 Å². The van der Waals surface area contributed by atoms with E-state index in [1.54, 1.807) is 19.1 Å². The Labute approximate surface area is 207 Å². The van der Waals surface area contributed by atoms with Crippen LogP contribution >= 0.6 is 0 Å². The van der Waals surface area contributed by atoms with Crippen LogP contribution in [0.25, 0.3) is 0 Å². The van der Waals surface area contributed by atoms with Crippen LogP contribution in [0.5, 0.6) is 11.5 Å². The molecule has 0 saturated carbocycles. The number of carbonyl (C=O) groups is 2. The fraction of sp³-hybridized carbons (Fsp3) is 0.440. The zero-order valence-electron chi connectivity index (χ0n) is 20.7. The van der Waals surface area contributed by atoms with Gasteiger partial charge in [0.25, 0.3) is 0 Å². The standard InChI is InChI=1S/C25H29F3N2O6/c1-6-36-24(32)30-15(2)11-19(18-12-21(33-3)22(34-4)13-20(18)30)29(23(31)35-5)14-16-7-9-17(10-8-16)25(26,27)28/h7-10,12-13,15,19H,6,11,14H2,1-5H3. The molecule has 196 valence electrons. The number of benzene rings is 2. The molecule has 0 aromatic heterocycles. The van der Waals surface area contributed by atoms with Gasteiger partial charge in [-0.3, -0.25) is 9.80 Å². The van der Waals surface area contributed by atoms with E-state index in [1.807, 2.05) is 6.92 Å². The van der Waals surface area contributed by atoms with E-state index >= 15 is 0 Å². The van der Waals surface area contributed by atoms with Crippen LogP contribution in [0, 0.1) is 0 Å². The normalized spacial score (nSPS) is 17.2. The second-order valence-corrected chi connectivity index (χ2v) is 8.23. The van der Waals surface area contributed by atoms with Gasteiger partial charge < -0.3 is 18.9 Å². The van der Waals surface area contributed by atoms with Crippen LogP contribution in [-0.2, 0) is 22.2 Å². The third-order valence-corrected chi connectivity index (χ3v) is 6.04. The topological polar surface area (TPSA) is 77.5 Å². The molecule has 0 aliphatic carbocycles. The molecule has 1 aliphatic rings. The third kappa shape index (κ3) is 5.44. The van der Waals surface area contributed by atoms with Crippen molar-refractivity contribution in [1.29, 1.82) is 0 Å². The number of anilines is 1. The lowest BCUT2D eigenvalue weighted by Crippen LogP contribution is -2.47. The zero-order valence-corrected chi connectivity index (χ0v) is 20.7. The number of rotatable bonds is 6. The van der Waals surface area contributed by atoms with Crippen LogP contribution < -0.4 is 14.4 Å². The molecule has 2 atom stereocenters. The van der Waals surface area contributed by atoms with Crippen molar-refractivity contribution in [3.63, 3.8) is 0 Å². The number of alkyl halides is 3. The van der Waals surface area contributed by atoms with Gasteiger partial charge in [0, 0.05) is 24.2 Å². The van der Waals surface area contributed by atoms with Crippen molar-refractivity contribution in [1.82, 2.24) is 4.90 Å². The Bertz CT molecular complexity index is 1090. The fourth-order valence-corrected chi connectivity index (χ4v) is 4.33. The number of fused-ring (bicyclic) bond motifs is 1. The minimum atomic E-state index is -4.47. The molecular weight excluding hydrogens is 481 g/mol. The van der Waals surface area contributed by atoms with E-state index < -0.39 is 30.0 Å². The number of ether oxygens (including phenoxy) is 4. The molecule has 2 aromatic carbocycles. The number of halogens is 3. The Hall–Kier alpha value is -3.63. The van der Waals surface area contributed by atoms with Gasteiger partial charge >= 0.3 is 18.4 Å². The number of nitrogens with zero attached hydrogens (tertiary/aromatic N) is 2. The molecule has 0 bridgehead atoms. The number of methoxy groups -OCH3 is 3. The molecule has 36 heavy (non-hydrogen) atoms. The predicted molar refractivity (Wildman–Crippen MR) is 125 cm³/mol. The molecule has 11 heteroatoms. The lowest BCUT2D eigenvalue weighted by atomic mass is 9.90. The van der Waals surface area contributed by atoms with Crippen molar-refractivity contribution in [2.75, 3.05) is 32.8 Å². The maximum atomic E-state index is 13.0. The first-order chi connectivity index (χ1) is 17.0. The van der Waals surface area contributed by atoms with Gasteiger partial charge in [-0.15, -0.1) is 0 Å². The third-order valence-electron chi connectivity index (χ3n) is 6.04. The molecular formula is C25H29F3N2O6. The minimum Gasteiger partial charge on any atom is -0.493 e. The summed E-state index contributed by atoms with van der Waals surface area (Å²) >= 11 is 0. The summed E-state index contributed by atoms with van der Waals surface area (Å²) in [6.45, 7) is 3.68. The van der Waals surface area contributed by atoms with Crippen molar-refractivity contribution in [3.8, 4) is 11.5 Å². The summed E-state index contributed by atoms with van der Waals surface area (Å²) in [5.41, 5.74) is 0.748. The molecule has 8 nitrogen and oxygen atoms in total. The molecule has 2 amide bonds. The van der Waals surface area contributed by atoms with Gasteiger partial charge in [0.05, 0.1) is 45.2 Å². The van der Waals surface area contributed by atoms with Gasteiger partial charge in [-0.1, -0.05) is 12.1 Å². The van der Waals surface area contributed by atoms with E-state index in [0.717, 1.165) is 12.1 Å². The van der Waals surface area contributed by atoms with E-state index in [0.29, 0.717) is 34.7 Å². The average Bonchev–Trinajstić information content (AvgIpc) is 2.85. The van der Waals surface area contributed by atoms with Gasteiger partial charge in [-0.2, -0.15) is 13.2 Å². The second kappa shape index (κ2) is 11.0. The Morgan fingerprint density at radius 2 is 1.67 bits per heavy atom. The molecule has 0 radical (unpaired) electrons. The van der Waals surface area contributed by atoms with E-state index in [1.165, 1.54) is 43.3 Å². The Balaban J connectivity index is 2.09. The molecule has 3 rings (SSSR count). The van der Waals surface area contributed by atoms with Crippen molar-refractivity contribution >= 4 is 17.9 Å². The lowest BCUT2D eigenvalue weighted by molar-refractivity contribution is -0.137. The fourth-order valence-electron chi connectivity index (χ4n) is 4.33. The van der Waals surface area contributed by atoms with Crippen molar-refractivity contribution in [2.24, 2.45) is 0 Å². The Morgan fingerprint density at radius 3 is 2.19 bits per heavy atom. The molecule has 2 aromatic rings. The van der Waals surface area contributed by atoms with E-state index in [-0.39, 0.29) is 19.2 Å². The largest absolute Gasteiger partial charge is 0.493 e. The van der Waals surface area contributed by atoms with Crippen molar-refractivity contribution in [3.05, 3.63) is 53.1 Å². The molecule has 0 spiro atoms. The van der Waals surface area contributed by atoms with Crippen LogP contribution in [0.1, 0.15) is 43.0 Å². The maximum Gasteiger partial charge on any atom is 0.416 e. The van der Waals surface area contributed by atoms with Gasteiger partial charge in [0.15, 0.2) is 11.5 Å². The van der Waals surface area contributed by atoms with E-state index in [2.05, 4.69) is 0 Å². The summed E-state index contributed by atoms with van der Waals surface area (Å²) in [5.74, 6) is 0.768. The summed E-state index contributed by atoms with van der Waals surface area (Å²) in [6, 6.07) is 6.93. The molecule has 0 N–H and O–H groups in total. The number of amides is 2. The van der Waals surface area contributed by atoms with Gasteiger partial charge in [0.2, 0.25) is 0 Å². The van der Waals surface area contributed by atoms with E-state index in [9.17, 15) is 22.8 Å². The lowest BCUT2D eigenvalue weighted by Gasteiger charge is -2.42. The zero-order chi connectivity index (χ0) is 26.6. The number of hydrogen-bond acceptors (Lipinski definition) is 6. The van der Waals surface area contributed by atoms with Gasteiger partial charge in [0.1, 0.15) is 0 Å². The predicted octanol–water partition coefficient (Wildman–Crippen LogP) is 5.79. The Morgan fingerprint density at radius 1 is 1.06 bits per heavy atom. The summed E-state index contributed by atoms with van der Waals surface area (Å²) in [7, 11) is 4.16. The highest BCUT2D eigenvalue weighted by atomic mass is 19.4. The molecule has 2 unspecified atom stereocenters. The first kappa shape index (κ1) is 27.0. The van der Waals surface area contributed by atoms with Crippen molar-refractivity contribution < 1.29 is 41.7 Å². The number of hydrogen-bond donors (Lipinski definition) is 0. The van der Waals surface area contributed by atoms with Crippen molar-refractivity contribution in [2.45, 2.75) is 45.1 Å². The second-order valence-electron chi connectivity index (χ2n) is 8.23.